The molecule has 0 aliphatic rings. The van der Waals surface area contributed by atoms with Crippen LogP contribution in [0, 0.1) is 0 Å². The molecule has 2 atom stereocenters. The summed E-state index contributed by atoms with van der Waals surface area (Å²) < 4.78 is 13.4. The third-order valence-electron chi connectivity index (χ3n) is 6.52. The number of para-hydroxylation sites is 1. The Bertz CT molecular complexity index is 1140. The Morgan fingerprint density at radius 3 is 2.49 bits per heavy atom. The molecule has 1 heterocycles. The van der Waals surface area contributed by atoms with Crippen molar-refractivity contribution in [2.24, 2.45) is 0 Å². The average molecular weight is 566 g/mol. The number of nitrogens with zero attached hydrogens (tertiary/aromatic N) is 3. The fourth-order valence-electron chi connectivity index (χ4n) is 4.24. The minimum atomic E-state index is -0.601. The molecule has 4 N–H and O–H groups in total. The maximum Gasteiger partial charge on any atom is 0.122 e. The van der Waals surface area contributed by atoms with Crippen LogP contribution >= 0.6 is 0 Å². The van der Waals surface area contributed by atoms with Gasteiger partial charge in [-0.3, -0.25) is 4.68 Å². The van der Waals surface area contributed by atoms with Gasteiger partial charge in [-0.1, -0.05) is 55.5 Å². The van der Waals surface area contributed by atoms with Crippen molar-refractivity contribution in [2.45, 2.75) is 70.7 Å². The Morgan fingerprint density at radius 2 is 1.71 bits per heavy atom. The summed E-state index contributed by atoms with van der Waals surface area (Å²) in [4.78, 5) is 0. The van der Waals surface area contributed by atoms with E-state index in [4.69, 9.17) is 9.47 Å². The molecule has 0 fully saturated rings. The molecule has 0 unspecified atom stereocenters. The SMILES string of the molecule is C=CCc1ccccc1OC[C@@H](O)CNCCc1cn(CCCCc2ccc(OC[C@@H](O)CNC(C)C)cc2)nn1. The molecule has 0 spiro atoms. The Kier molecular flexibility index (Phi) is 14.4. The summed E-state index contributed by atoms with van der Waals surface area (Å²) in [7, 11) is 0. The topological polar surface area (TPSA) is 114 Å². The predicted octanol–water partition coefficient (Wildman–Crippen LogP) is 3.34. The quantitative estimate of drug-likeness (QED) is 0.115. The van der Waals surface area contributed by atoms with Gasteiger partial charge in [0.25, 0.3) is 0 Å². The van der Waals surface area contributed by atoms with Crippen LogP contribution in [0.5, 0.6) is 11.5 Å². The fraction of sp³-hybridized carbons (Fsp3) is 0.500. The molecule has 224 valence electrons. The largest absolute Gasteiger partial charge is 0.491 e. The highest BCUT2D eigenvalue weighted by Gasteiger charge is 2.09. The molecule has 0 saturated heterocycles. The van der Waals surface area contributed by atoms with Gasteiger partial charge in [-0.05, 0) is 55.0 Å². The monoisotopic (exact) mass is 565 g/mol. The van der Waals surface area contributed by atoms with E-state index < -0.39 is 12.2 Å². The number of aliphatic hydroxyl groups is 2. The van der Waals surface area contributed by atoms with Crippen molar-refractivity contribution in [1.82, 2.24) is 25.6 Å². The number of nitrogens with one attached hydrogen (secondary N) is 2. The van der Waals surface area contributed by atoms with Crippen molar-refractivity contribution < 1.29 is 19.7 Å². The van der Waals surface area contributed by atoms with Crippen molar-refractivity contribution in [3.63, 3.8) is 0 Å². The van der Waals surface area contributed by atoms with Crippen molar-refractivity contribution in [3.8, 4) is 11.5 Å². The molecule has 0 aliphatic carbocycles. The third kappa shape index (κ3) is 12.9. The molecule has 0 aliphatic heterocycles. The minimum absolute atomic E-state index is 0.232. The molecule has 9 heteroatoms. The predicted molar refractivity (Wildman–Crippen MR) is 162 cm³/mol. The number of allylic oxidation sites excluding steroid dienone is 1. The Labute approximate surface area is 244 Å². The van der Waals surface area contributed by atoms with Crippen LogP contribution in [0.15, 0.2) is 67.4 Å². The summed E-state index contributed by atoms with van der Waals surface area (Å²) in [5, 5.41) is 35.2. The first-order valence-corrected chi connectivity index (χ1v) is 14.7. The van der Waals surface area contributed by atoms with Gasteiger partial charge in [0, 0.05) is 44.8 Å². The highest BCUT2D eigenvalue weighted by atomic mass is 16.5. The third-order valence-corrected chi connectivity index (χ3v) is 6.52. The number of aryl methyl sites for hydroxylation is 2. The number of unbranched alkanes of at least 4 members (excludes halogenated alkanes) is 1. The van der Waals surface area contributed by atoms with E-state index in [1.807, 2.05) is 53.4 Å². The summed E-state index contributed by atoms with van der Waals surface area (Å²) in [6.07, 6.45) is 7.24. The Hall–Kier alpha value is -3.24. The van der Waals surface area contributed by atoms with E-state index >= 15 is 0 Å². The fourth-order valence-corrected chi connectivity index (χ4v) is 4.24. The van der Waals surface area contributed by atoms with Crippen molar-refractivity contribution in [1.29, 1.82) is 0 Å². The van der Waals surface area contributed by atoms with Crippen LogP contribution in [0.1, 0.15) is 43.5 Å². The number of benzene rings is 2. The number of aliphatic hydroxyl groups excluding tert-OH is 2. The van der Waals surface area contributed by atoms with Crippen LogP contribution in [-0.2, 0) is 25.8 Å². The first kappa shape index (κ1) is 32.3. The first-order valence-electron chi connectivity index (χ1n) is 14.7. The zero-order valence-electron chi connectivity index (χ0n) is 24.5. The lowest BCUT2D eigenvalue weighted by molar-refractivity contribution is 0.104. The van der Waals surface area contributed by atoms with Crippen molar-refractivity contribution in [3.05, 3.63) is 84.2 Å². The first-order chi connectivity index (χ1) is 19.9. The smallest absolute Gasteiger partial charge is 0.122 e. The lowest BCUT2D eigenvalue weighted by Crippen LogP contribution is -2.35. The lowest BCUT2D eigenvalue weighted by Gasteiger charge is -2.15. The average Bonchev–Trinajstić information content (AvgIpc) is 3.43. The lowest BCUT2D eigenvalue weighted by atomic mass is 10.1. The summed E-state index contributed by atoms with van der Waals surface area (Å²) in [6, 6.07) is 16.3. The second-order valence-corrected chi connectivity index (χ2v) is 10.6. The summed E-state index contributed by atoms with van der Waals surface area (Å²) in [5.41, 5.74) is 3.26. The van der Waals surface area contributed by atoms with Crippen molar-refractivity contribution in [2.75, 3.05) is 32.8 Å². The highest BCUT2D eigenvalue weighted by molar-refractivity contribution is 5.34. The standard InChI is InChI=1S/C32H47N5O4/c1-4-9-27-11-5-6-12-32(27)41-24-29(38)20-33-18-17-28-22-37(36-35-28)19-8-7-10-26-13-15-31(16-14-26)40-23-30(39)21-34-25(2)3/h4-6,11-16,22,25,29-30,33-34,38-39H,1,7-10,17-21,23-24H2,2-3H3/t29-,30-/m0/s1. The maximum atomic E-state index is 10.3. The van der Waals surface area contributed by atoms with Crippen LogP contribution in [0.2, 0.25) is 0 Å². The number of ether oxygens (including phenoxy) is 2. The maximum absolute atomic E-state index is 10.3. The number of rotatable bonds is 21. The normalized spacial score (nSPS) is 12.8. The van der Waals surface area contributed by atoms with E-state index in [1.54, 1.807) is 0 Å². The van der Waals surface area contributed by atoms with Gasteiger partial charge in [0.05, 0.1) is 5.69 Å². The molecule has 3 rings (SSSR count). The molecule has 3 aromatic rings. The van der Waals surface area contributed by atoms with E-state index in [9.17, 15) is 10.2 Å². The van der Waals surface area contributed by atoms with Crippen LogP contribution in [0.25, 0.3) is 0 Å². The molecule has 9 nitrogen and oxygen atoms in total. The molecule has 1 aromatic heterocycles. The summed E-state index contributed by atoms with van der Waals surface area (Å²) in [6.45, 7) is 10.9. The molecule has 41 heavy (non-hydrogen) atoms. The van der Waals surface area contributed by atoms with E-state index in [2.05, 4.69) is 53.5 Å². The second kappa shape index (κ2) is 18.2. The minimum Gasteiger partial charge on any atom is -0.491 e. The summed E-state index contributed by atoms with van der Waals surface area (Å²) in [5.74, 6) is 1.56. The van der Waals surface area contributed by atoms with E-state index in [0.29, 0.717) is 25.7 Å². The summed E-state index contributed by atoms with van der Waals surface area (Å²) >= 11 is 0. The van der Waals surface area contributed by atoms with Gasteiger partial charge in [0.15, 0.2) is 0 Å². The zero-order chi connectivity index (χ0) is 29.3. The van der Waals surface area contributed by atoms with Crippen LogP contribution in [0.4, 0.5) is 0 Å². The van der Waals surface area contributed by atoms with Gasteiger partial charge in [-0.25, -0.2) is 0 Å². The van der Waals surface area contributed by atoms with E-state index in [0.717, 1.165) is 61.4 Å². The molecule has 0 bridgehead atoms. The molecule has 0 saturated carbocycles. The van der Waals surface area contributed by atoms with Crippen LogP contribution in [-0.4, -0.2) is 76.3 Å². The number of hydrogen-bond acceptors (Lipinski definition) is 8. The van der Waals surface area contributed by atoms with E-state index in [-0.39, 0.29) is 13.2 Å². The number of hydrogen-bond donors (Lipinski definition) is 4. The molecular formula is C32H47N5O4. The Morgan fingerprint density at radius 1 is 0.951 bits per heavy atom. The van der Waals surface area contributed by atoms with Gasteiger partial charge < -0.3 is 30.3 Å². The number of aromatic nitrogens is 3. The molecule has 2 aromatic carbocycles. The molecule has 0 amide bonds. The van der Waals surface area contributed by atoms with Crippen LogP contribution in [0.3, 0.4) is 0 Å². The zero-order valence-corrected chi connectivity index (χ0v) is 24.5. The van der Waals surface area contributed by atoms with Gasteiger partial charge in [-0.15, -0.1) is 11.7 Å². The molecular weight excluding hydrogens is 518 g/mol. The van der Waals surface area contributed by atoms with Gasteiger partial charge >= 0.3 is 0 Å². The van der Waals surface area contributed by atoms with Crippen LogP contribution < -0.4 is 20.1 Å². The van der Waals surface area contributed by atoms with E-state index in [1.165, 1.54) is 5.56 Å². The van der Waals surface area contributed by atoms with Gasteiger partial charge in [0.1, 0.15) is 36.9 Å². The Balaban J connectivity index is 1.24. The second-order valence-electron chi connectivity index (χ2n) is 10.6. The van der Waals surface area contributed by atoms with Gasteiger partial charge in [0.2, 0.25) is 0 Å². The van der Waals surface area contributed by atoms with Crippen molar-refractivity contribution >= 4 is 0 Å². The highest BCUT2D eigenvalue weighted by Crippen LogP contribution is 2.19. The molecule has 0 radical (unpaired) electrons. The van der Waals surface area contributed by atoms with Gasteiger partial charge in [-0.2, -0.15) is 0 Å².